The Morgan fingerprint density at radius 3 is 2.47 bits per heavy atom. The highest BCUT2D eigenvalue weighted by Gasteiger charge is 2.35. The summed E-state index contributed by atoms with van der Waals surface area (Å²) in [6.07, 6.45) is 0.550. The van der Waals surface area contributed by atoms with Gasteiger partial charge in [0.05, 0.1) is 30.9 Å². The summed E-state index contributed by atoms with van der Waals surface area (Å²) in [5.41, 5.74) is 1.83. The molecule has 12 nitrogen and oxygen atoms in total. The van der Waals surface area contributed by atoms with Crippen LogP contribution in [0.25, 0.3) is 0 Å². The van der Waals surface area contributed by atoms with E-state index in [0.29, 0.717) is 42.3 Å². The Labute approximate surface area is 253 Å². The van der Waals surface area contributed by atoms with Gasteiger partial charge in [0, 0.05) is 23.8 Å². The number of hydrogen-bond acceptors (Lipinski definition) is 9. The van der Waals surface area contributed by atoms with Gasteiger partial charge in [0.15, 0.2) is 0 Å². The molecule has 0 bridgehead atoms. The first-order valence-electron chi connectivity index (χ1n) is 14.6. The summed E-state index contributed by atoms with van der Waals surface area (Å²) in [5.74, 6) is -0.532. The summed E-state index contributed by atoms with van der Waals surface area (Å²) in [6.45, 7) is 14.8. The normalized spacial score (nSPS) is 14.3. The van der Waals surface area contributed by atoms with Crippen LogP contribution in [0.4, 0.5) is 16.4 Å². The Kier molecular flexibility index (Phi) is 11.1. The van der Waals surface area contributed by atoms with Gasteiger partial charge in [-0.3, -0.25) is 19.7 Å². The molecule has 0 radical (unpaired) electrons. The lowest BCUT2D eigenvalue weighted by molar-refractivity contribution is -0.144. The number of ether oxygens (including phenoxy) is 3. The van der Waals surface area contributed by atoms with E-state index in [1.54, 1.807) is 52.5 Å². The van der Waals surface area contributed by atoms with Crippen LogP contribution in [-0.4, -0.2) is 76.2 Å². The van der Waals surface area contributed by atoms with E-state index in [9.17, 15) is 19.2 Å². The number of fused-ring (bicyclic) bond motifs is 1. The summed E-state index contributed by atoms with van der Waals surface area (Å²) in [7, 11) is 0. The first-order chi connectivity index (χ1) is 20.2. The van der Waals surface area contributed by atoms with Crippen molar-refractivity contribution in [3.8, 4) is 5.88 Å². The predicted molar refractivity (Wildman–Crippen MR) is 161 cm³/mol. The van der Waals surface area contributed by atoms with Gasteiger partial charge in [0.1, 0.15) is 12.1 Å². The Hall–Kier alpha value is -4.22. The molecule has 234 valence electrons. The third-order valence-corrected chi connectivity index (χ3v) is 6.51. The minimum absolute atomic E-state index is 0.00156. The molecule has 1 unspecified atom stereocenters. The van der Waals surface area contributed by atoms with Gasteiger partial charge in [-0.2, -0.15) is 4.98 Å². The first-order valence-corrected chi connectivity index (χ1v) is 14.6. The molecule has 1 atom stereocenters. The molecule has 12 heteroatoms. The number of hydrogen-bond donors (Lipinski definition) is 1. The molecule has 1 aliphatic rings. The number of nitrogens with one attached hydrogen (secondary N) is 1. The quantitative estimate of drug-likeness (QED) is 0.289. The van der Waals surface area contributed by atoms with E-state index in [0.717, 1.165) is 5.56 Å². The van der Waals surface area contributed by atoms with Crippen LogP contribution in [0.15, 0.2) is 24.3 Å². The van der Waals surface area contributed by atoms with Crippen LogP contribution in [0.1, 0.15) is 82.9 Å². The standard InChI is InChI=1S/C31H43N5O7/c1-9-41-27(38)16-21(5)35-18-26(37)36(19(2)3)24-13-12-22(17-23(24)28(35)39)11-10-14-42-25-15-20(4)32-29(33-25)34-30(40)43-31(6,7)8/h12-13,15,17,19,21H,9-11,14,16,18H2,1-8H3,(H,32,33,34,40). The lowest BCUT2D eigenvalue weighted by Crippen LogP contribution is -2.46. The van der Waals surface area contributed by atoms with Gasteiger partial charge >= 0.3 is 12.1 Å². The van der Waals surface area contributed by atoms with Crippen molar-refractivity contribution in [1.82, 2.24) is 14.9 Å². The van der Waals surface area contributed by atoms with Crippen LogP contribution in [0, 0.1) is 6.92 Å². The second-order valence-corrected chi connectivity index (χ2v) is 11.8. The second-order valence-electron chi connectivity index (χ2n) is 11.8. The van der Waals surface area contributed by atoms with Crippen LogP contribution in [-0.2, 0) is 25.5 Å². The largest absolute Gasteiger partial charge is 0.478 e. The van der Waals surface area contributed by atoms with E-state index in [1.807, 2.05) is 32.0 Å². The number of rotatable bonds is 11. The van der Waals surface area contributed by atoms with Gasteiger partial charge < -0.3 is 24.0 Å². The third kappa shape index (κ3) is 9.39. The number of anilines is 2. The number of carbonyl (C=O) groups excluding carboxylic acids is 4. The fraction of sp³-hybridized carbons (Fsp3) is 0.548. The van der Waals surface area contributed by atoms with Crippen molar-refractivity contribution in [2.24, 2.45) is 0 Å². The van der Waals surface area contributed by atoms with Crippen LogP contribution < -0.4 is 15.0 Å². The maximum Gasteiger partial charge on any atom is 0.414 e. The molecule has 0 spiro atoms. The topological polar surface area (TPSA) is 140 Å². The molecule has 1 aliphatic heterocycles. The van der Waals surface area contributed by atoms with Gasteiger partial charge in [-0.05, 0) is 85.9 Å². The molecule has 3 amide bonds. The van der Waals surface area contributed by atoms with Crippen molar-refractivity contribution in [2.75, 3.05) is 30.0 Å². The maximum absolute atomic E-state index is 13.7. The molecular formula is C31H43N5O7. The molecule has 0 saturated carbocycles. The Balaban J connectivity index is 1.71. The number of nitrogens with zero attached hydrogens (tertiary/aromatic N) is 4. The van der Waals surface area contributed by atoms with E-state index in [-0.39, 0.29) is 43.4 Å². The number of benzene rings is 1. The minimum Gasteiger partial charge on any atom is -0.478 e. The molecule has 1 aromatic heterocycles. The van der Waals surface area contributed by atoms with Gasteiger partial charge in [0.25, 0.3) is 5.91 Å². The van der Waals surface area contributed by atoms with Crippen molar-refractivity contribution < 1.29 is 33.4 Å². The maximum atomic E-state index is 13.7. The van der Waals surface area contributed by atoms with E-state index in [2.05, 4.69) is 15.3 Å². The fourth-order valence-electron chi connectivity index (χ4n) is 4.71. The smallest absolute Gasteiger partial charge is 0.414 e. The highest BCUT2D eigenvalue weighted by Crippen LogP contribution is 2.30. The zero-order valence-electron chi connectivity index (χ0n) is 26.4. The van der Waals surface area contributed by atoms with Crippen LogP contribution in [0.5, 0.6) is 5.88 Å². The number of esters is 1. The van der Waals surface area contributed by atoms with Crippen molar-refractivity contribution in [3.63, 3.8) is 0 Å². The zero-order valence-corrected chi connectivity index (χ0v) is 26.4. The van der Waals surface area contributed by atoms with Gasteiger partial charge in [0.2, 0.25) is 17.7 Å². The van der Waals surface area contributed by atoms with Crippen LogP contribution >= 0.6 is 0 Å². The molecule has 0 fully saturated rings. The fourth-order valence-corrected chi connectivity index (χ4v) is 4.71. The van der Waals surface area contributed by atoms with E-state index in [4.69, 9.17) is 14.2 Å². The third-order valence-electron chi connectivity index (χ3n) is 6.51. The number of aromatic nitrogens is 2. The lowest BCUT2D eigenvalue weighted by atomic mass is 10.0. The summed E-state index contributed by atoms with van der Waals surface area (Å²) in [6, 6.07) is 6.52. The molecule has 1 aromatic carbocycles. The molecule has 3 rings (SSSR count). The van der Waals surface area contributed by atoms with Crippen molar-refractivity contribution in [1.29, 1.82) is 0 Å². The molecule has 0 saturated heterocycles. The Morgan fingerprint density at radius 1 is 1.09 bits per heavy atom. The second kappa shape index (κ2) is 14.3. The van der Waals surface area contributed by atoms with E-state index < -0.39 is 23.7 Å². The molecule has 43 heavy (non-hydrogen) atoms. The van der Waals surface area contributed by atoms with Gasteiger partial charge in [-0.15, -0.1) is 0 Å². The highest BCUT2D eigenvalue weighted by molar-refractivity contribution is 6.10. The van der Waals surface area contributed by atoms with Crippen LogP contribution in [0.2, 0.25) is 0 Å². The number of aryl methyl sites for hydroxylation is 2. The molecule has 0 aliphatic carbocycles. The minimum atomic E-state index is -0.659. The Bertz CT molecular complexity index is 1340. The number of amides is 3. The molecular weight excluding hydrogens is 554 g/mol. The van der Waals surface area contributed by atoms with E-state index in [1.165, 1.54) is 4.90 Å². The van der Waals surface area contributed by atoms with Gasteiger partial charge in [-0.25, -0.2) is 9.78 Å². The summed E-state index contributed by atoms with van der Waals surface area (Å²) in [5, 5.41) is 2.52. The first kappa shape index (κ1) is 33.3. The molecule has 2 aromatic rings. The van der Waals surface area contributed by atoms with Crippen molar-refractivity contribution in [3.05, 3.63) is 41.1 Å². The average Bonchev–Trinajstić information content (AvgIpc) is 2.99. The van der Waals surface area contributed by atoms with Gasteiger partial charge in [-0.1, -0.05) is 6.07 Å². The number of carbonyl (C=O) groups is 4. The average molecular weight is 598 g/mol. The van der Waals surface area contributed by atoms with Crippen LogP contribution in [0.3, 0.4) is 0 Å². The summed E-state index contributed by atoms with van der Waals surface area (Å²) < 4.78 is 16.2. The summed E-state index contributed by atoms with van der Waals surface area (Å²) >= 11 is 0. The van der Waals surface area contributed by atoms with Crippen molar-refractivity contribution in [2.45, 2.75) is 92.3 Å². The Morgan fingerprint density at radius 2 is 1.81 bits per heavy atom. The van der Waals surface area contributed by atoms with Crippen molar-refractivity contribution >= 4 is 35.5 Å². The summed E-state index contributed by atoms with van der Waals surface area (Å²) in [4.78, 5) is 62.8. The molecule has 2 heterocycles. The SMILES string of the molecule is CCOC(=O)CC(C)N1CC(=O)N(C(C)C)c2ccc(CCCOc3cc(C)nc(NC(=O)OC(C)(C)C)n3)cc2C1=O. The monoisotopic (exact) mass is 597 g/mol. The predicted octanol–water partition coefficient (Wildman–Crippen LogP) is 4.68. The zero-order chi connectivity index (χ0) is 31.9. The van der Waals surface area contributed by atoms with E-state index >= 15 is 0 Å². The highest BCUT2D eigenvalue weighted by atomic mass is 16.6. The lowest BCUT2D eigenvalue weighted by Gasteiger charge is -2.28. The molecule has 1 N–H and O–H groups in total.